The van der Waals surface area contributed by atoms with E-state index < -0.39 is 0 Å². The number of carbonyl (C=O) groups is 1. The molecule has 0 bridgehead atoms. The van der Waals surface area contributed by atoms with E-state index in [-0.39, 0.29) is 11.7 Å². The average molecular weight is 410 g/mol. The van der Waals surface area contributed by atoms with Crippen LogP contribution >= 0.6 is 0 Å². The maximum absolute atomic E-state index is 13.1. The van der Waals surface area contributed by atoms with E-state index in [2.05, 4.69) is 19.7 Å². The lowest BCUT2D eigenvalue weighted by atomic mass is 10.2. The number of hydrogen-bond acceptors (Lipinski definition) is 4. The fraction of sp³-hybridized carbons (Fsp3) is 0.391. The summed E-state index contributed by atoms with van der Waals surface area (Å²) in [5.41, 5.74) is 3.84. The monoisotopic (exact) mass is 409 g/mol. The van der Waals surface area contributed by atoms with Gasteiger partial charge in [0.2, 0.25) is 5.91 Å². The van der Waals surface area contributed by atoms with Crippen LogP contribution in [0.3, 0.4) is 0 Å². The van der Waals surface area contributed by atoms with E-state index in [1.165, 1.54) is 12.1 Å². The molecule has 1 amide bonds. The van der Waals surface area contributed by atoms with E-state index in [0.29, 0.717) is 6.42 Å². The summed E-state index contributed by atoms with van der Waals surface area (Å²) < 4.78 is 15.3. The van der Waals surface area contributed by atoms with Gasteiger partial charge in [0.1, 0.15) is 11.6 Å². The number of benzene rings is 2. The van der Waals surface area contributed by atoms with Crippen LogP contribution < -0.4 is 10.2 Å². The number of rotatable bonds is 6. The van der Waals surface area contributed by atoms with Gasteiger partial charge in [0.25, 0.3) is 0 Å². The van der Waals surface area contributed by atoms with Crippen molar-refractivity contribution >= 4 is 28.3 Å². The standard InChI is InChI=1S/C23H28FN5O/c1-3-23(30)25-18-6-9-21-20(16-18)26-22(27(21)2)10-11-28-12-14-29(15-13-28)19-7-4-17(24)5-8-19/h4-9,16H,3,10-15H2,1-2H3,(H,25,30). The zero-order valence-electron chi connectivity index (χ0n) is 17.6. The van der Waals surface area contributed by atoms with Gasteiger partial charge in [0, 0.05) is 64.0 Å². The van der Waals surface area contributed by atoms with Crippen LogP contribution in [0.1, 0.15) is 19.2 Å². The highest BCUT2D eigenvalue weighted by Crippen LogP contribution is 2.21. The average Bonchev–Trinajstić information content (AvgIpc) is 3.08. The largest absolute Gasteiger partial charge is 0.369 e. The van der Waals surface area contributed by atoms with Crippen LogP contribution in [0.5, 0.6) is 0 Å². The van der Waals surface area contributed by atoms with Crippen molar-refractivity contribution in [3.63, 3.8) is 0 Å². The van der Waals surface area contributed by atoms with Crippen molar-refractivity contribution in [2.75, 3.05) is 42.9 Å². The number of carbonyl (C=O) groups excluding carboxylic acids is 1. The first-order valence-corrected chi connectivity index (χ1v) is 10.5. The lowest BCUT2D eigenvalue weighted by Gasteiger charge is -2.36. The van der Waals surface area contributed by atoms with Gasteiger partial charge in [-0.1, -0.05) is 6.92 Å². The fourth-order valence-corrected chi connectivity index (χ4v) is 3.94. The molecule has 1 aliphatic rings. The van der Waals surface area contributed by atoms with Gasteiger partial charge in [0.05, 0.1) is 11.0 Å². The van der Waals surface area contributed by atoms with Gasteiger partial charge in [-0.3, -0.25) is 9.69 Å². The quantitative estimate of drug-likeness (QED) is 0.678. The fourth-order valence-electron chi connectivity index (χ4n) is 3.94. The second-order valence-electron chi connectivity index (χ2n) is 7.75. The van der Waals surface area contributed by atoms with Crippen LogP contribution in [0.15, 0.2) is 42.5 Å². The molecule has 3 aromatic rings. The Balaban J connectivity index is 1.35. The number of imidazole rings is 1. The van der Waals surface area contributed by atoms with Gasteiger partial charge < -0.3 is 14.8 Å². The molecule has 0 atom stereocenters. The summed E-state index contributed by atoms with van der Waals surface area (Å²) in [6.07, 6.45) is 1.33. The Hall–Kier alpha value is -2.93. The first kappa shape index (κ1) is 20.3. The maximum Gasteiger partial charge on any atom is 0.224 e. The molecule has 0 saturated carbocycles. The molecule has 0 aliphatic carbocycles. The molecular weight excluding hydrogens is 381 g/mol. The van der Waals surface area contributed by atoms with Crippen molar-refractivity contribution < 1.29 is 9.18 Å². The minimum absolute atomic E-state index is 0.00489. The van der Waals surface area contributed by atoms with E-state index in [1.807, 2.05) is 44.3 Å². The molecular formula is C23H28FN5O. The minimum atomic E-state index is -0.195. The predicted octanol–water partition coefficient (Wildman–Crippen LogP) is 3.43. The molecule has 1 aliphatic heterocycles. The van der Waals surface area contributed by atoms with Gasteiger partial charge >= 0.3 is 0 Å². The maximum atomic E-state index is 13.1. The molecule has 0 radical (unpaired) electrons. The van der Waals surface area contributed by atoms with Crippen molar-refractivity contribution in [2.24, 2.45) is 7.05 Å². The number of hydrogen-bond donors (Lipinski definition) is 1. The summed E-state index contributed by atoms with van der Waals surface area (Å²) in [7, 11) is 2.04. The van der Waals surface area contributed by atoms with Gasteiger partial charge in [-0.25, -0.2) is 9.37 Å². The molecule has 30 heavy (non-hydrogen) atoms. The Morgan fingerprint density at radius 1 is 1.10 bits per heavy atom. The number of nitrogens with one attached hydrogen (secondary N) is 1. The summed E-state index contributed by atoms with van der Waals surface area (Å²) in [5, 5.41) is 2.89. The van der Waals surface area contributed by atoms with Gasteiger partial charge in [0.15, 0.2) is 0 Å². The molecule has 0 spiro atoms. The van der Waals surface area contributed by atoms with Crippen molar-refractivity contribution in [3.05, 3.63) is 54.1 Å². The summed E-state index contributed by atoms with van der Waals surface area (Å²) in [6.45, 7) is 6.63. The number of fused-ring (bicyclic) bond motifs is 1. The van der Waals surface area contributed by atoms with Crippen LogP contribution in [-0.2, 0) is 18.3 Å². The molecule has 158 valence electrons. The highest BCUT2D eigenvalue weighted by molar-refractivity contribution is 5.92. The van der Waals surface area contributed by atoms with E-state index in [4.69, 9.17) is 4.98 Å². The van der Waals surface area contributed by atoms with Gasteiger partial charge in [-0.2, -0.15) is 0 Å². The van der Waals surface area contributed by atoms with Crippen LogP contribution in [-0.4, -0.2) is 53.1 Å². The second kappa shape index (κ2) is 8.83. The molecule has 1 aromatic heterocycles. The summed E-state index contributed by atoms with van der Waals surface area (Å²) >= 11 is 0. The normalized spacial score (nSPS) is 15.0. The van der Waals surface area contributed by atoms with Crippen molar-refractivity contribution in [1.29, 1.82) is 0 Å². The molecule has 4 rings (SSSR count). The SMILES string of the molecule is CCC(=O)Nc1ccc2c(c1)nc(CCN1CCN(c3ccc(F)cc3)CC1)n2C. The number of anilines is 2. The third-order valence-electron chi connectivity index (χ3n) is 5.79. The Morgan fingerprint density at radius 2 is 1.83 bits per heavy atom. The third kappa shape index (κ3) is 4.46. The molecule has 1 N–H and O–H groups in total. The zero-order chi connectivity index (χ0) is 21.1. The first-order chi connectivity index (χ1) is 14.5. The Morgan fingerprint density at radius 3 is 2.53 bits per heavy atom. The van der Waals surface area contributed by atoms with Crippen molar-refractivity contribution in [1.82, 2.24) is 14.5 Å². The Labute approximate surface area is 176 Å². The number of nitrogens with zero attached hydrogens (tertiary/aromatic N) is 4. The van der Waals surface area contributed by atoms with Crippen LogP contribution in [0.25, 0.3) is 11.0 Å². The van der Waals surface area contributed by atoms with E-state index in [1.54, 1.807) is 0 Å². The number of halogens is 1. The molecule has 1 fully saturated rings. The molecule has 7 heteroatoms. The highest BCUT2D eigenvalue weighted by atomic mass is 19.1. The second-order valence-corrected chi connectivity index (χ2v) is 7.75. The van der Waals surface area contributed by atoms with Gasteiger partial charge in [-0.15, -0.1) is 0 Å². The summed E-state index contributed by atoms with van der Waals surface area (Å²) in [4.78, 5) is 21.2. The third-order valence-corrected chi connectivity index (χ3v) is 5.79. The molecule has 2 aromatic carbocycles. The minimum Gasteiger partial charge on any atom is -0.369 e. The lowest BCUT2D eigenvalue weighted by molar-refractivity contribution is -0.115. The van der Waals surface area contributed by atoms with Crippen LogP contribution in [0.2, 0.25) is 0 Å². The molecule has 6 nitrogen and oxygen atoms in total. The zero-order valence-corrected chi connectivity index (χ0v) is 17.6. The summed E-state index contributed by atoms with van der Waals surface area (Å²) in [6, 6.07) is 12.6. The van der Waals surface area contributed by atoms with E-state index in [9.17, 15) is 9.18 Å². The number of aromatic nitrogens is 2. The van der Waals surface area contributed by atoms with Gasteiger partial charge in [-0.05, 0) is 42.5 Å². The molecule has 1 saturated heterocycles. The predicted molar refractivity (Wildman–Crippen MR) is 118 cm³/mol. The number of piperazine rings is 1. The van der Waals surface area contributed by atoms with Crippen LogP contribution in [0, 0.1) is 5.82 Å². The van der Waals surface area contributed by atoms with E-state index >= 15 is 0 Å². The Bertz CT molecular complexity index is 1020. The lowest BCUT2D eigenvalue weighted by Crippen LogP contribution is -2.47. The summed E-state index contributed by atoms with van der Waals surface area (Å²) in [5.74, 6) is 0.856. The molecule has 2 heterocycles. The van der Waals surface area contributed by atoms with E-state index in [0.717, 1.165) is 67.4 Å². The number of amides is 1. The number of aryl methyl sites for hydroxylation is 1. The topological polar surface area (TPSA) is 53.4 Å². The first-order valence-electron chi connectivity index (χ1n) is 10.5. The van der Waals surface area contributed by atoms with Crippen LogP contribution in [0.4, 0.5) is 15.8 Å². The highest BCUT2D eigenvalue weighted by Gasteiger charge is 2.18. The van der Waals surface area contributed by atoms with Crippen molar-refractivity contribution in [3.8, 4) is 0 Å². The Kier molecular flexibility index (Phi) is 5.99. The smallest absolute Gasteiger partial charge is 0.224 e. The molecule has 0 unspecified atom stereocenters. The van der Waals surface area contributed by atoms with Crippen molar-refractivity contribution in [2.45, 2.75) is 19.8 Å².